The fourth-order valence-corrected chi connectivity index (χ4v) is 2.32. The summed E-state index contributed by atoms with van der Waals surface area (Å²) in [5.74, 6) is 0.621. The molecular formula is C11H16N2O2. The fraction of sp³-hybridized carbons (Fsp3) is 0.636. The first-order valence-electron chi connectivity index (χ1n) is 5.50. The van der Waals surface area contributed by atoms with Crippen LogP contribution in [-0.2, 0) is 11.3 Å². The standard InChI is InChI=1S/C11H16N2O2/c14-10(15)8-13-7-6-12-11(13)9-4-2-1-3-5-9/h6-7,9H,1-5,8H2,(H,14,15). The topological polar surface area (TPSA) is 55.1 Å². The van der Waals surface area contributed by atoms with Crippen LogP contribution in [0.25, 0.3) is 0 Å². The molecule has 1 aliphatic rings. The molecule has 0 saturated heterocycles. The summed E-state index contributed by atoms with van der Waals surface area (Å²) in [5.41, 5.74) is 0. The van der Waals surface area contributed by atoms with Gasteiger partial charge >= 0.3 is 5.97 Å². The third-order valence-corrected chi connectivity index (χ3v) is 3.02. The van der Waals surface area contributed by atoms with Gasteiger partial charge in [0.1, 0.15) is 12.4 Å². The van der Waals surface area contributed by atoms with Crippen LogP contribution in [0.5, 0.6) is 0 Å². The Labute approximate surface area is 88.9 Å². The van der Waals surface area contributed by atoms with Crippen molar-refractivity contribution in [3.63, 3.8) is 0 Å². The van der Waals surface area contributed by atoms with Gasteiger partial charge in [0.05, 0.1) is 0 Å². The second-order valence-electron chi connectivity index (χ2n) is 4.14. The quantitative estimate of drug-likeness (QED) is 0.826. The Morgan fingerprint density at radius 2 is 2.20 bits per heavy atom. The molecule has 1 heterocycles. The van der Waals surface area contributed by atoms with Crippen LogP contribution in [0, 0.1) is 0 Å². The van der Waals surface area contributed by atoms with Crippen molar-refractivity contribution in [1.82, 2.24) is 9.55 Å². The van der Waals surface area contributed by atoms with E-state index >= 15 is 0 Å². The van der Waals surface area contributed by atoms with E-state index in [0.717, 1.165) is 18.7 Å². The Bertz CT molecular complexity index is 340. The normalized spacial score (nSPS) is 17.9. The molecule has 0 radical (unpaired) electrons. The number of carbonyl (C=O) groups is 1. The zero-order chi connectivity index (χ0) is 10.7. The fourth-order valence-electron chi connectivity index (χ4n) is 2.32. The van der Waals surface area contributed by atoms with Gasteiger partial charge in [-0.3, -0.25) is 4.79 Å². The van der Waals surface area contributed by atoms with E-state index in [9.17, 15) is 4.79 Å². The van der Waals surface area contributed by atoms with Crippen LogP contribution in [0.15, 0.2) is 12.4 Å². The minimum Gasteiger partial charge on any atom is -0.480 e. The molecule has 1 N–H and O–H groups in total. The number of hydrogen-bond donors (Lipinski definition) is 1. The highest BCUT2D eigenvalue weighted by Crippen LogP contribution is 2.31. The molecule has 1 aromatic heterocycles. The summed E-state index contributed by atoms with van der Waals surface area (Å²) in [6.45, 7) is 0.0336. The molecule has 1 aromatic rings. The zero-order valence-corrected chi connectivity index (χ0v) is 8.72. The van der Waals surface area contributed by atoms with Gasteiger partial charge in [0, 0.05) is 18.3 Å². The number of aromatic nitrogens is 2. The van der Waals surface area contributed by atoms with Gasteiger partial charge < -0.3 is 9.67 Å². The number of aliphatic carboxylic acids is 1. The van der Waals surface area contributed by atoms with Gasteiger partial charge in [0.25, 0.3) is 0 Å². The average molecular weight is 208 g/mol. The van der Waals surface area contributed by atoms with Crippen LogP contribution in [-0.4, -0.2) is 20.6 Å². The van der Waals surface area contributed by atoms with Gasteiger partial charge in [-0.15, -0.1) is 0 Å². The second-order valence-corrected chi connectivity index (χ2v) is 4.14. The third-order valence-electron chi connectivity index (χ3n) is 3.02. The van der Waals surface area contributed by atoms with E-state index in [1.165, 1.54) is 19.3 Å². The van der Waals surface area contributed by atoms with Gasteiger partial charge in [-0.05, 0) is 12.8 Å². The predicted molar refractivity (Wildman–Crippen MR) is 55.7 cm³/mol. The predicted octanol–water partition coefficient (Wildman–Crippen LogP) is 2.02. The van der Waals surface area contributed by atoms with Crippen LogP contribution in [0.3, 0.4) is 0 Å². The van der Waals surface area contributed by atoms with Crippen molar-refractivity contribution in [1.29, 1.82) is 0 Å². The van der Waals surface area contributed by atoms with Crippen LogP contribution in [0.2, 0.25) is 0 Å². The van der Waals surface area contributed by atoms with E-state index in [1.807, 2.05) is 0 Å². The smallest absolute Gasteiger partial charge is 0.323 e. The minimum absolute atomic E-state index is 0.0336. The van der Waals surface area contributed by atoms with Crippen molar-refractivity contribution in [3.05, 3.63) is 18.2 Å². The first-order valence-corrected chi connectivity index (χ1v) is 5.50. The van der Waals surface area contributed by atoms with Gasteiger partial charge in [-0.25, -0.2) is 4.98 Å². The first kappa shape index (κ1) is 10.2. The number of imidazole rings is 1. The molecule has 0 atom stereocenters. The lowest BCUT2D eigenvalue weighted by Gasteiger charge is -2.21. The summed E-state index contributed by atoms with van der Waals surface area (Å²) < 4.78 is 1.76. The lowest BCUT2D eigenvalue weighted by atomic mass is 9.88. The molecule has 82 valence electrons. The summed E-state index contributed by atoms with van der Waals surface area (Å²) in [6.07, 6.45) is 9.55. The van der Waals surface area contributed by atoms with Crippen LogP contribution < -0.4 is 0 Å². The molecular weight excluding hydrogens is 192 g/mol. The molecule has 15 heavy (non-hydrogen) atoms. The molecule has 1 fully saturated rings. The molecule has 0 bridgehead atoms. The van der Waals surface area contributed by atoms with Crippen LogP contribution in [0.1, 0.15) is 43.8 Å². The van der Waals surface area contributed by atoms with E-state index in [1.54, 1.807) is 17.0 Å². The van der Waals surface area contributed by atoms with Gasteiger partial charge in [0.2, 0.25) is 0 Å². The monoisotopic (exact) mass is 208 g/mol. The SMILES string of the molecule is O=C(O)Cn1ccnc1C1CCCCC1. The summed E-state index contributed by atoms with van der Waals surface area (Å²) >= 11 is 0. The van der Waals surface area contributed by atoms with Crippen LogP contribution in [0.4, 0.5) is 0 Å². The van der Waals surface area contributed by atoms with Gasteiger partial charge in [0.15, 0.2) is 0 Å². The molecule has 0 aliphatic heterocycles. The molecule has 4 heteroatoms. The molecule has 0 spiro atoms. The van der Waals surface area contributed by atoms with Crippen LogP contribution >= 0.6 is 0 Å². The van der Waals surface area contributed by atoms with E-state index in [-0.39, 0.29) is 6.54 Å². The first-order chi connectivity index (χ1) is 7.27. The van der Waals surface area contributed by atoms with E-state index in [0.29, 0.717) is 5.92 Å². The highest BCUT2D eigenvalue weighted by molar-refractivity contribution is 5.66. The summed E-state index contributed by atoms with van der Waals surface area (Å²) in [5, 5.41) is 8.76. The van der Waals surface area contributed by atoms with Crippen molar-refractivity contribution in [3.8, 4) is 0 Å². The maximum Gasteiger partial charge on any atom is 0.323 e. The van der Waals surface area contributed by atoms with Crippen molar-refractivity contribution in [2.45, 2.75) is 44.6 Å². The largest absolute Gasteiger partial charge is 0.480 e. The van der Waals surface area contributed by atoms with Gasteiger partial charge in [-0.1, -0.05) is 19.3 Å². The molecule has 4 nitrogen and oxygen atoms in total. The van der Waals surface area contributed by atoms with Crippen molar-refractivity contribution >= 4 is 5.97 Å². The van der Waals surface area contributed by atoms with E-state index in [2.05, 4.69) is 4.98 Å². The summed E-state index contributed by atoms with van der Waals surface area (Å²) in [4.78, 5) is 14.9. The molecule has 0 amide bonds. The Balaban J connectivity index is 2.12. The average Bonchev–Trinajstić information content (AvgIpc) is 2.66. The number of nitrogens with zero attached hydrogens (tertiary/aromatic N) is 2. The molecule has 0 unspecified atom stereocenters. The van der Waals surface area contributed by atoms with Crippen molar-refractivity contribution < 1.29 is 9.90 Å². The summed E-state index contributed by atoms with van der Waals surface area (Å²) in [7, 11) is 0. The lowest BCUT2D eigenvalue weighted by molar-refractivity contribution is -0.137. The Kier molecular flexibility index (Phi) is 3.04. The van der Waals surface area contributed by atoms with E-state index in [4.69, 9.17) is 5.11 Å². The highest BCUT2D eigenvalue weighted by Gasteiger charge is 2.20. The Hall–Kier alpha value is -1.32. The molecule has 1 saturated carbocycles. The second kappa shape index (κ2) is 4.47. The maximum absolute atomic E-state index is 10.7. The number of carboxylic acids is 1. The zero-order valence-electron chi connectivity index (χ0n) is 8.72. The minimum atomic E-state index is -0.801. The van der Waals surface area contributed by atoms with Crippen molar-refractivity contribution in [2.24, 2.45) is 0 Å². The molecule has 1 aliphatic carbocycles. The van der Waals surface area contributed by atoms with Crippen molar-refractivity contribution in [2.75, 3.05) is 0 Å². The Morgan fingerprint density at radius 3 is 2.87 bits per heavy atom. The van der Waals surface area contributed by atoms with Gasteiger partial charge in [-0.2, -0.15) is 0 Å². The number of hydrogen-bond acceptors (Lipinski definition) is 2. The molecule has 0 aromatic carbocycles. The third kappa shape index (κ3) is 2.37. The highest BCUT2D eigenvalue weighted by atomic mass is 16.4. The lowest BCUT2D eigenvalue weighted by Crippen LogP contribution is -2.15. The number of carboxylic acid groups (broad SMARTS) is 1. The maximum atomic E-state index is 10.7. The summed E-state index contributed by atoms with van der Waals surface area (Å²) in [6, 6.07) is 0. The van der Waals surface area contributed by atoms with E-state index < -0.39 is 5.97 Å². The molecule has 2 rings (SSSR count). The Morgan fingerprint density at radius 1 is 1.47 bits per heavy atom. The number of rotatable bonds is 3.